The van der Waals surface area contributed by atoms with E-state index in [-0.39, 0.29) is 6.04 Å². The Morgan fingerprint density at radius 2 is 2.38 bits per heavy atom. The van der Waals surface area contributed by atoms with Crippen LogP contribution in [0, 0.1) is 0 Å². The fraction of sp³-hybridized carbons (Fsp3) is 0.273. The van der Waals surface area contributed by atoms with Crippen LogP contribution in [0.1, 0.15) is 12.6 Å². The molecule has 3 nitrogen and oxygen atoms in total. The number of nitrogens with zero attached hydrogens (tertiary/aromatic N) is 2. The number of thiophene rings is 1. The third-order valence-electron chi connectivity index (χ3n) is 2.03. The number of hydrogen-bond acceptors (Lipinski definition) is 4. The van der Waals surface area contributed by atoms with Crippen molar-refractivity contribution in [3.8, 4) is 10.7 Å². The first-order chi connectivity index (χ1) is 7.65. The molecule has 84 valence electrons. The average Bonchev–Trinajstić information content (AvgIpc) is 2.64. The summed E-state index contributed by atoms with van der Waals surface area (Å²) in [5.74, 6) is 0.772. The number of nitrogens with two attached hydrogens (primary N) is 1. The molecule has 2 rings (SSSR count). The molecule has 5 heteroatoms. The van der Waals surface area contributed by atoms with Crippen molar-refractivity contribution in [3.63, 3.8) is 0 Å². The molecule has 0 radical (unpaired) electrons. The number of halogens is 1. The van der Waals surface area contributed by atoms with Crippen LogP contribution in [-0.2, 0) is 6.42 Å². The Morgan fingerprint density at radius 3 is 3.00 bits per heavy atom. The van der Waals surface area contributed by atoms with Crippen molar-refractivity contribution in [1.29, 1.82) is 0 Å². The molecule has 16 heavy (non-hydrogen) atoms. The van der Waals surface area contributed by atoms with Crippen LogP contribution in [0.4, 0.5) is 0 Å². The molecule has 0 bridgehead atoms. The Labute approximate surface area is 107 Å². The Hall–Kier alpha value is -0.780. The molecule has 2 aromatic heterocycles. The molecule has 0 spiro atoms. The maximum atomic E-state index is 5.75. The average molecular weight is 298 g/mol. The van der Waals surface area contributed by atoms with E-state index in [0.717, 1.165) is 27.3 Å². The van der Waals surface area contributed by atoms with Crippen LogP contribution in [0.3, 0.4) is 0 Å². The van der Waals surface area contributed by atoms with E-state index in [0.29, 0.717) is 0 Å². The van der Waals surface area contributed by atoms with E-state index in [1.165, 1.54) is 0 Å². The normalized spacial score (nSPS) is 12.7. The van der Waals surface area contributed by atoms with Gasteiger partial charge in [0, 0.05) is 34.2 Å². The van der Waals surface area contributed by atoms with Crippen molar-refractivity contribution >= 4 is 27.3 Å². The third kappa shape index (κ3) is 2.87. The second kappa shape index (κ2) is 5.03. The minimum absolute atomic E-state index is 0.123. The zero-order valence-electron chi connectivity index (χ0n) is 8.85. The van der Waals surface area contributed by atoms with Gasteiger partial charge in [-0.25, -0.2) is 9.97 Å². The lowest BCUT2D eigenvalue weighted by molar-refractivity contribution is 0.721. The number of rotatable bonds is 3. The summed E-state index contributed by atoms with van der Waals surface area (Å²) >= 11 is 5.05. The second-order valence-electron chi connectivity index (χ2n) is 3.68. The predicted molar refractivity (Wildman–Crippen MR) is 70.4 cm³/mol. The fourth-order valence-corrected chi connectivity index (χ4v) is 2.76. The highest BCUT2D eigenvalue weighted by Crippen LogP contribution is 2.27. The molecule has 0 aliphatic heterocycles. The van der Waals surface area contributed by atoms with Gasteiger partial charge < -0.3 is 5.73 Å². The van der Waals surface area contributed by atoms with Gasteiger partial charge in [0.1, 0.15) is 0 Å². The lowest BCUT2D eigenvalue weighted by Gasteiger charge is -2.04. The summed E-state index contributed by atoms with van der Waals surface area (Å²) in [7, 11) is 0. The Balaban J connectivity index is 2.28. The van der Waals surface area contributed by atoms with Gasteiger partial charge in [0.25, 0.3) is 0 Å². The fourth-order valence-electron chi connectivity index (χ4n) is 1.39. The molecule has 0 fully saturated rings. The Kier molecular flexibility index (Phi) is 3.68. The van der Waals surface area contributed by atoms with E-state index in [9.17, 15) is 0 Å². The first-order valence-electron chi connectivity index (χ1n) is 4.97. The van der Waals surface area contributed by atoms with Crippen LogP contribution in [0.2, 0.25) is 0 Å². The van der Waals surface area contributed by atoms with Crippen LogP contribution in [0.25, 0.3) is 10.7 Å². The van der Waals surface area contributed by atoms with Gasteiger partial charge in [-0.05, 0) is 35.0 Å². The summed E-state index contributed by atoms with van der Waals surface area (Å²) in [5, 5.41) is 2.02. The van der Waals surface area contributed by atoms with Crippen molar-refractivity contribution in [3.05, 3.63) is 33.9 Å². The van der Waals surface area contributed by atoms with Gasteiger partial charge in [-0.2, -0.15) is 0 Å². The molecule has 1 unspecified atom stereocenters. The summed E-state index contributed by atoms with van der Waals surface area (Å²) in [6, 6.07) is 4.06. The molecule has 1 atom stereocenters. The van der Waals surface area contributed by atoms with E-state index >= 15 is 0 Å². The number of hydrogen-bond donors (Lipinski definition) is 1. The maximum absolute atomic E-state index is 5.75. The largest absolute Gasteiger partial charge is 0.328 e. The van der Waals surface area contributed by atoms with Gasteiger partial charge in [0.05, 0.1) is 4.88 Å². The molecular weight excluding hydrogens is 286 g/mol. The Morgan fingerprint density at radius 1 is 1.56 bits per heavy atom. The quantitative estimate of drug-likeness (QED) is 0.948. The minimum atomic E-state index is 0.123. The second-order valence-corrected chi connectivity index (χ2v) is 5.51. The summed E-state index contributed by atoms with van der Waals surface area (Å²) in [5.41, 5.74) is 6.74. The first kappa shape index (κ1) is 11.7. The minimum Gasteiger partial charge on any atom is -0.328 e. The molecule has 0 aliphatic rings. The maximum Gasteiger partial charge on any atom is 0.169 e. The predicted octanol–water partition coefficient (Wildman–Crippen LogP) is 2.86. The summed E-state index contributed by atoms with van der Waals surface area (Å²) in [4.78, 5) is 9.83. The topological polar surface area (TPSA) is 51.8 Å². The smallest absolute Gasteiger partial charge is 0.169 e. The van der Waals surface area contributed by atoms with Crippen LogP contribution < -0.4 is 5.73 Å². The van der Waals surface area contributed by atoms with Gasteiger partial charge in [-0.3, -0.25) is 0 Å². The molecular formula is C11H12BrN3S. The zero-order valence-corrected chi connectivity index (χ0v) is 11.3. The van der Waals surface area contributed by atoms with Gasteiger partial charge in [-0.15, -0.1) is 11.3 Å². The molecule has 0 amide bonds. The van der Waals surface area contributed by atoms with E-state index in [4.69, 9.17) is 5.73 Å². The molecule has 2 N–H and O–H groups in total. The summed E-state index contributed by atoms with van der Waals surface area (Å²) in [6.45, 7) is 1.98. The highest BCUT2D eigenvalue weighted by molar-refractivity contribution is 9.10. The van der Waals surface area contributed by atoms with Crippen molar-refractivity contribution in [2.45, 2.75) is 19.4 Å². The molecule has 2 aromatic rings. The molecule has 0 saturated carbocycles. The van der Waals surface area contributed by atoms with Gasteiger partial charge in [0.15, 0.2) is 5.82 Å². The SMILES string of the molecule is CC(N)Cc1ccnc(-c2cc(Br)cs2)n1. The van der Waals surface area contributed by atoms with Gasteiger partial charge in [0.2, 0.25) is 0 Å². The highest BCUT2D eigenvalue weighted by atomic mass is 79.9. The van der Waals surface area contributed by atoms with E-state index in [1.807, 2.05) is 24.4 Å². The summed E-state index contributed by atoms with van der Waals surface area (Å²) in [6.07, 6.45) is 2.57. The van der Waals surface area contributed by atoms with E-state index < -0.39 is 0 Å². The van der Waals surface area contributed by atoms with Gasteiger partial charge >= 0.3 is 0 Å². The van der Waals surface area contributed by atoms with Crippen LogP contribution in [-0.4, -0.2) is 16.0 Å². The molecule has 0 saturated heterocycles. The van der Waals surface area contributed by atoms with Crippen LogP contribution in [0.5, 0.6) is 0 Å². The summed E-state index contributed by atoms with van der Waals surface area (Å²) < 4.78 is 1.06. The third-order valence-corrected chi connectivity index (χ3v) is 3.72. The van der Waals surface area contributed by atoms with E-state index in [1.54, 1.807) is 17.5 Å². The van der Waals surface area contributed by atoms with Crippen molar-refractivity contribution in [1.82, 2.24) is 9.97 Å². The van der Waals surface area contributed by atoms with Crippen molar-refractivity contribution in [2.75, 3.05) is 0 Å². The highest BCUT2D eigenvalue weighted by Gasteiger charge is 2.06. The Bertz CT molecular complexity index is 482. The molecule has 0 aromatic carbocycles. The zero-order chi connectivity index (χ0) is 11.5. The van der Waals surface area contributed by atoms with E-state index in [2.05, 4.69) is 25.9 Å². The standard InChI is InChI=1S/C11H12BrN3S/c1-7(13)4-9-2-3-14-11(15-9)10-5-8(12)6-16-10/h2-3,5-7H,4,13H2,1H3. The van der Waals surface area contributed by atoms with Crippen molar-refractivity contribution < 1.29 is 0 Å². The van der Waals surface area contributed by atoms with Crippen molar-refractivity contribution in [2.24, 2.45) is 5.73 Å². The molecule has 0 aliphatic carbocycles. The lowest BCUT2D eigenvalue weighted by atomic mass is 10.2. The first-order valence-corrected chi connectivity index (χ1v) is 6.64. The monoisotopic (exact) mass is 297 g/mol. The van der Waals surface area contributed by atoms with Gasteiger partial charge in [-0.1, -0.05) is 0 Å². The lowest BCUT2D eigenvalue weighted by Crippen LogP contribution is -2.18. The van der Waals surface area contributed by atoms with Crippen LogP contribution >= 0.6 is 27.3 Å². The number of aromatic nitrogens is 2. The van der Waals surface area contributed by atoms with Crippen LogP contribution in [0.15, 0.2) is 28.2 Å². The molecule has 2 heterocycles.